The molecule has 1 aromatic carbocycles. The van der Waals surface area contributed by atoms with E-state index < -0.39 is 11.5 Å². The quantitative estimate of drug-likeness (QED) is 0.866. The smallest absolute Gasteiger partial charge is 0.235 e. The summed E-state index contributed by atoms with van der Waals surface area (Å²) in [6.45, 7) is 7.73. The van der Waals surface area contributed by atoms with Crippen LogP contribution in [0.2, 0.25) is 0 Å². The van der Waals surface area contributed by atoms with Crippen LogP contribution < -0.4 is 0 Å². The Morgan fingerprint density at radius 1 is 1.24 bits per heavy atom. The van der Waals surface area contributed by atoms with Crippen LogP contribution in [0.1, 0.15) is 44.4 Å². The summed E-state index contributed by atoms with van der Waals surface area (Å²) in [6.07, 6.45) is -0.613. The van der Waals surface area contributed by atoms with Crippen molar-refractivity contribution in [2.45, 2.75) is 40.2 Å². The molecule has 1 aliphatic rings. The van der Waals surface area contributed by atoms with Crippen LogP contribution in [0.15, 0.2) is 24.3 Å². The van der Waals surface area contributed by atoms with Gasteiger partial charge in [-0.3, -0.25) is 14.5 Å². The molecule has 2 amide bonds. The van der Waals surface area contributed by atoms with E-state index in [0.717, 1.165) is 11.1 Å². The second-order valence-corrected chi connectivity index (χ2v) is 6.48. The Hall–Kier alpha value is -1.68. The third-order valence-electron chi connectivity index (χ3n) is 4.65. The van der Waals surface area contributed by atoms with Crippen LogP contribution in [-0.2, 0) is 9.59 Å². The number of benzene rings is 1. The van der Waals surface area contributed by atoms with E-state index in [2.05, 4.69) is 0 Å². The molecule has 0 spiro atoms. The van der Waals surface area contributed by atoms with Crippen LogP contribution >= 0.6 is 0 Å². The molecule has 1 saturated heterocycles. The van der Waals surface area contributed by atoms with E-state index in [-0.39, 0.29) is 30.7 Å². The molecule has 1 N–H and O–H groups in total. The molecule has 0 radical (unpaired) electrons. The number of β-amino-alcohol motifs (C(OH)–C–C–N with tert-alkyl or cyclic N) is 1. The first-order valence-corrected chi connectivity index (χ1v) is 7.35. The van der Waals surface area contributed by atoms with Gasteiger partial charge in [0.2, 0.25) is 11.8 Å². The topological polar surface area (TPSA) is 57.6 Å². The lowest BCUT2D eigenvalue weighted by Gasteiger charge is -2.26. The number of likely N-dealkylation sites (tertiary alicyclic amines) is 1. The van der Waals surface area contributed by atoms with Gasteiger partial charge in [-0.25, -0.2) is 0 Å². The number of aryl methyl sites for hydroxylation is 1. The summed E-state index contributed by atoms with van der Waals surface area (Å²) < 4.78 is 0. The second-order valence-electron chi connectivity index (χ2n) is 6.48. The summed E-state index contributed by atoms with van der Waals surface area (Å²) in [6, 6.07) is 7.47. The maximum Gasteiger partial charge on any atom is 0.235 e. The molecule has 0 saturated carbocycles. The summed E-state index contributed by atoms with van der Waals surface area (Å²) >= 11 is 0. The van der Waals surface area contributed by atoms with Gasteiger partial charge < -0.3 is 5.11 Å². The van der Waals surface area contributed by atoms with Gasteiger partial charge in [0, 0.05) is 6.42 Å². The molecule has 1 aromatic rings. The predicted molar refractivity (Wildman–Crippen MR) is 80.4 cm³/mol. The molecule has 1 fully saturated rings. The molecule has 114 valence electrons. The Balaban J connectivity index is 2.14. The van der Waals surface area contributed by atoms with Crippen LogP contribution in [0, 0.1) is 18.3 Å². The van der Waals surface area contributed by atoms with E-state index in [0.29, 0.717) is 0 Å². The van der Waals surface area contributed by atoms with E-state index in [9.17, 15) is 14.7 Å². The van der Waals surface area contributed by atoms with Gasteiger partial charge in [-0.05, 0) is 25.3 Å². The largest absolute Gasteiger partial charge is 0.387 e. The average Bonchev–Trinajstić information content (AvgIpc) is 2.64. The van der Waals surface area contributed by atoms with Gasteiger partial charge in [0.05, 0.1) is 18.1 Å². The molecule has 0 aromatic heterocycles. The first-order valence-electron chi connectivity index (χ1n) is 7.35. The highest BCUT2D eigenvalue weighted by Crippen LogP contribution is 2.39. The van der Waals surface area contributed by atoms with Crippen molar-refractivity contribution in [1.82, 2.24) is 4.90 Å². The third kappa shape index (κ3) is 2.86. The van der Waals surface area contributed by atoms with Crippen LogP contribution in [0.4, 0.5) is 0 Å². The molecule has 1 aliphatic heterocycles. The summed E-state index contributed by atoms with van der Waals surface area (Å²) in [5, 5.41) is 10.3. The Bertz CT molecular complexity index is 550. The van der Waals surface area contributed by atoms with Crippen molar-refractivity contribution in [3.63, 3.8) is 0 Å². The zero-order chi connectivity index (χ0) is 15.8. The number of carbonyl (C=O) groups excluding carboxylic acids is 2. The normalized spacial score (nSPS) is 24.0. The molecule has 21 heavy (non-hydrogen) atoms. The summed E-state index contributed by atoms with van der Waals surface area (Å²) in [7, 11) is 0. The van der Waals surface area contributed by atoms with E-state index in [1.807, 2.05) is 52.0 Å². The van der Waals surface area contributed by atoms with Crippen molar-refractivity contribution in [3.8, 4) is 0 Å². The molecule has 2 atom stereocenters. The van der Waals surface area contributed by atoms with Crippen molar-refractivity contribution in [3.05, 3.63) is 35.4 Å². The molecule has 0 aliphatic carbocycles. The highest BCUT2D eigenvalue weighted by molar-refractivity contribution is 6.05. The Labute approximate surface area is 125 Å². The number of amides is 2. The average molecular weight is 289 g/mol. The predicted octanol–water partition coefficient (Wildman–Crippen LogP) is 2.45. The number of hydrogen-bond acceptors (Lipinski definition) is 3. The fourth-order valence-corrected chi connectivity index (χ4v) is 2.61. The van der Waals surface area contributed by atoms with Crippen molar-refractivity contribution in [1.29, 1.82) is 0 Å². The van der Waals surface area contributed by atoms with Crippen LogP contribution in [0.5, 0.6) is 0 Å². The van der Waals surface area contributed by atoms with Gasteiger partial charge in [0.1, 0.15) is 0 Å². The van der Waals surface area contributed by atoms with Crippen LogP contribution in [0.25, 0.3) is 0 Å². The molecule has 1 heterocycles. The number of imide groups is 1. The lowest BCUT2D eigenvalue weighted by Crippen LogP contribution is -2.39. The molecule has 4 heteroatoms. The van der Waals surface area contributed by atoms with Gasteiger partial charge in [-0.15, -0.1) is 0 Å². The van der Waals surface area contributed by atoms with Crippen molar-refractivity contribution >= 4 is 11.8 Å². The third-order valence-corrected chi connectivity index (χ3v) is 4.65. The first kappa shape index (κ1) is 15.7. The molecule has 2 unspecified atom stereocenters. The molecule has 2 rings (SSSR count). The van der Waals surface area contributed by atoms with Gasteiger partial charge in [-0.1, -0.05) is 43.7 Å². The summed E-state index contributed by atoms with van der Waals surface area (Å²) in [4.78, 5) is 25.8. The second kappa shape index (κ2) is 5.60. The molecule has 0 bridgehead atoms. The standard InChI is InChI=1S/C17H23NO3/c1-11(2)17(4)9-15(20)18(16(17)21)10-14(19)13-7-5-12(3)6-8-13/h5-8,11,14,19H,9-10H2,1-4H3. The van der Waals surface area contributed by atoms with Crippen molar-refractivity contribution in [2.75, 3.05) is 6.54 Å². The van der Waals surface area contributed by atoms with Crippen molar-refractivity contribution in [2.24, 2.45) is 11.3 Å². The number of rotatable bonds is 4. The summed E-state index contributed by atoms with van der Waals surface area (Å²) in [5.41, 5.74) is 1.18. The Morgan fingerprint density at radius 3 is 2.29 bits per heavy atom. The molecular formula is C17H23NO3. The zero-order valence-corrected chi connectivity index (χ0v) is 13.1. The monoisotopic (exact) mass is 289 g/mol. The van der Waals surface area contributed by atoms with Gasteiger partial charge in [-0.2, -0.15) is 0 Å². The lowest BCUT2D eigenvalue weighted by atomic mass is 9.78. The highest BCUT2D eigenvalue weighted by Gasteiger charge is 2.50. The van der Waals surface area contributed by atoms with Gasteiger partial charge in [0.25, 0.3) is 0 Å². The number of aliphatic hydroxyl groups is 1. The number of hydrogen-bond donors (Lipinski definition) is 1. The number of nitrogens with zero attached hydrogens (tertiary/aromatic N) is 1. The Morgan fingerprint density at radius 2 is 1.81 bits per heavy atom. The minimum absolute atomic E-state index is 0.0308. The van der Waals surface area contributed by atoms with Gasteiger partial charge >= 0.3 is 0 Å². The fourth-order valence-electron chi connectivity index (χ4n) is 2.61. The maximum atomic E-state index is 12.5. The highest BCUT2D eigenvalue weighted by atomic mass is 16.3. The van der Waals surface area contributed by atoms with Crippen molar-refractivity contribution < 1.29 is 14.7 Å². The maximum absolute atomic E-state index is 12.5. The number of aliphatic hydroxyl groups excluding tert-OH is 1. The minimum Gasteiger partial charge on any atom is -0.387 e. The van der Waals surface area contributed by atoms with E-state index in [1.54, 1.807) is 0 Å². The fraction of sp³-hybridized carbons (Fsp3) is 0.529. The first-order chi connectivity index (χ1) is 9.75. The number of carbonyl (C=O) groups is 2. The van der Waals surface area contributed by atoms with E-state index in [1.165, 1.54) is 4.90 Å². The van der Waals surface area contributed by atoms with E-state index >= 15 is 0 Å². The molecule has 4 nitrogen and oxygen atoms in total. The zero-order valence-electron chi connectivity index (χ0n) is 13.1. The Kier molecular flexibility index (Phi) is 4.19. The lowest BCUT2D eigenvalue weighted by molar-refractivity contribution is -0.143. The SMILES string of the molecule is Cc1ccc(C(O)CN2C(=O)CC(C)(C(C)C)C2=O)cc1. The van der Waals surface area contributed by atoms with Crippen LogP contribution in [0.3, 0.4) is 0 Å². The van der Waals surface area contributed by atoms with E-state index in [4.69, 9.17) is 0 Å². The van der Waals surface area contributed by atoms with Gasteiger partial charge in [0.15, 0.2) is 0 Å². The minimum atomic E-state index is -0.840. The summed E-state index contributed by atoms with van der Waals surface area (Å²) in [5.74, 6) is -0.272. The molecular weight excluding hydrogens is 266 g/mol. The van der Waals surface area contributed by atoms with Crippen LogP contribution in [-0.4, -0.2) is 28.4 Å².